The van der Waals surface area contributed by atoms with Crippen molar-refractivity contribution >= 4 is 114 Å². The van der Waals surface area contributed by atoms with Crippen molar-refractivity contribution in [1.29, 1.82) is 0 Å². The molecule has 0 fully saturated rings. The summed E-state index contributed by atoms with van der Waals surface area (Å²) in [5, 5.41) is 2.53. The van der Waals surface area contributed by atoms with Crippen LogP contribution in [0.5, 0.6) is 11.5 Å². The molecule has 0 spiro atoms. The smallest absolute Gasteiger partial charge is 0.256 e. The molecule has 0 amide bonds. The zero-order valence-corrected chi connectivity index (χ0v) is 60.8. The molecule has 97 heavy (non-hydrogen) atoms. The van der Waals surface area contributed by atoms with E-state index in [-0.39, 0.29) is 45.9 Å². The average Bonchev–Trinajstić information content (AvgIpc) is 1.07. The molecule has 4 aliphatic rings. The number of para-hydroxylation sites is 1. The van der Waals surface area contributed by atoms with Gasteiger partial charge < -0.3 is 19.1 Å². The molecule has 0 atom stereocenters. The van der Waals surface area contributed by atoms with Crippen LogP contribution in [0, 0.1) is 0 Å². The monoisotopic (exact) mass is 1280 g/mol. The van der Waals surface area contributed by atoms with Crippen LogP contribution in [-0.2, 0) is 32.5 Å². The molecule has 0 saturated heterocycles. The molecule has 0 bridgehead atoms. The third kappa shape index (κ3) is 10.3. The third-order valence-corrected chi connectivity index (χ3v) is 22.6. The Hall–Kier alpha value is -8.90. The maximum absolute atomic E-state index is 7.84. The third-order valence-electron chi connectivity index (χ3n) is 21.4. The molecular formula is C90H89B2N3OS. The minimum Gasteiger partial charge on any atom is -0.458 e. The lowest BCUT2D eigenvalue weighted by Crippen LogP contribution is -2.63. The number of aromatic nitrogens is 1. The molecule has 12 aromatic rings. The van der Waals surface area contributed by atoms with Gasteiger partial charge in [-0.05, 0) is 177 Å². The van der Waals surface area contributed by atoms with E-state index in [0.29, 0.717) is 0 Å². The van der Waals surface area contributed by atoms with Crippen LogP contribution < -0.4 is 47.3 Å². The lowest BCUT2D eigenvalue weighted by molar-refractivity contribution is 0.486. The second-order valence-corrected chi connectivity index (χ2v) is 35.4. The number of anilines is 6. The maximum atomic E-state index is 7.84. The lowest BCUT2D eigenvalue weighted by Gasteiger charge is -2.44. The molecule has 16 rings (SSSR count). The van der Waals surface area contributed by atoms with E-state index < -0.39 is 0 Å². The van der Waals surface area contributed by atoms with Crippen LogP contribution in [0.2, 0.25) is 0 Å². The van der Waals surface area contributed by atoms with E-state index >= 15 is 0 Å². The van der Waals surface area contributed by atoms with Gasteiger partial charge in [0, 0.05) is 66.2 Å². The van der Waals surface area contributed by atoms with E-state index in [2.05, 4.69) is 351 Å². The van der Waals surface area contributed by atoms with Crippen molar-refractivity contribution in [3.05, 3.63) is 246 Å². The van der Waals surface area contributed by atoms with Crippen molar-refractivity contribution in [2.75, 3.05) is 9.80 Å². The molecule has 11 aromatic carbocycles. The molecule has 7 heteroatoms. The standard InChI is InChI=1S/C90H89B2N3OS/c1-85(2,3)56-32-38-62(39-33-56)93-74-46-59(88(10,11)12)34-40-68(74)91-70-52-71-80(53-78(70)96-79-51-63(50-77(93)82(79)91)94-72-42-36-57(86(4,5)6)44-66(72)67-45-58(87(7,8)9)37-43-73(67)94)97-81-49-61(90(16,17)18)48-76-83(81)92(71)69-41-35-60(89(13,14)15)47-75(69)95(76)84-64(54-26-21-19-22-27-54)30-25-31-65(84)55-28-23-20-24-29-55/h19-53H,1-18H3. The second-order valence-electron chi connectivity index (χ2n) is 34.3. The zero-order chi connectivity index (χ0) is 67.9. The van der Waals surface area contributed by atoms with E-state index in [4.69, 9.17) is 4.74 Å². The van der Waals surface area contributed by atoms with E-state index in [0.717, 1.165) is 28.6 Å². The molecule has 0 saturated carbocycles. The van der Waals surface area contributed by atoms with Crippen LogP contribution in [0.1, 0.15) is 158 Å². The summed E-state index contributed by atoms with van der Waals surface area (Å²) in [5.41, 5.74) is 30.3. The van der Waals surface area contributed by atoms with E-state index in [9.17, 15) is 0 Å². The largest absolute Gasteiger partial charge is 0.458 e. The number of rotatable bonds is 5. The number of nitrogens with zero attached hydrogens (tertiary/aromatic N) is 3. The predicted molar refractivity (Wildman–Crippen MR) is 420 cm³/mol. The summed E-state index contributed by atoms with van der Waals surface area (Å²) in [7, 11) is 0. The number of hydrogen-bond acceptors (Lipinski definition) is 4. The lowest BCUT2D eigenvalue weighted by atomic mass is 9.31. The van der Waals surface area contributed by atoms with E-state index in [1.807, 2.05) is 11.8 Å². The molecule has 4 aliphatic heterocycles. The van der Waals surface area contributed by atoms with Crippen LogP contribution >= 0.6 is 11.8 Å². The number of fused-ring (bicyclic) bond motifs is 11. The normalized spacial score (nSPS) is 14.2. The Morgan fingerprint density at radius 2 is 0.763 bits per heavy atom. The first-order valence-corrected chi connectivity index (χ1v) is 35.9. The minimum absolute atomic E-state index is 0.0208. The number of ether oxygens (including phenoxy) is 1. The summed E-state index contributed by atoms with van der Waals surface area (Å²) >= 11 is 1.92. The Morgan fingerprint density at radius 3 is 1.28 bits per heavy atom. The van der Waals surface area contributed by atoms with E-state index in [1.165, 1.54) is 143 Å². The first kappa shape index (κ1) is 62.9. The highest BCUT2D eigenvalue weighted by molar-refractivity contribution is 8.00. The zero-order valence-electron chi connectivity index (χ0n) is 60.0. The van der Waals surface area contributed by atoms with Crippen LogP contribution in [0.3, 0.4) is 0 Å². The van der Waals surface area contributed by atoms with Gasteiger partial charge in [0.25, 0.3) is 6.71 Å². The molecule has 5 heterocycles. The predicted octanol–water partition coefficient (Wildman–Crippen LogP) is 21.1. The van der Waals surface area contributed by atoms with Gasteiger partial charge in [-0.3, -0.25) is 0 Å². The molecule has 0 radical (unpaired) electrons. The van der Waals surface area contributed by atoms with Gasteiger partial charge >= 0.3 is 0 Å². The Balaban J connectivity index is 0.975. The van der Waals surface area contributed by atoms with Gasteiger partial charge in [-0.2, -0.15) is 0 Å². The molecule has 1 aromatic heterocycles. The van der Waals surface area contributed by atoms with Crippen molar-refractivity contribution in [3.8, 4) is 39.4 Å². The summed E-state index contributed by atoms with van der Waals surface area (Å²) in [5.74, 6) is 1.80. The number of benzene rings is 11. The molecule has 4 nitrogen and oxygen atoms in total. The first-order chi connectivity index (χ1) is 45.9. The van der Waals surface area contributed by atoms with Gasteiger partial charge in [-0.1, -0.05) is 275 Å². The average molecular weight is 1280 g/mol. The van der Waals surface area contributed by atoms with E-state index in [1.54, 1.807) is 0 Å². The fourth-order valence-corrected chi connectivity index (χ4v) is 17.0. The van der Waals surface area contributed by atoms with Crippen molar-refractivity contribution in [2.24, 2.45) is 0 Å². The van der Waals surface area contributed by atoms with Gasteiger partial charge in [0.1, 0.15) is 11.5 Å². The Bertz CT molecular complexity index is 5100. The quantitative estimate of drug-likeness (QED) is 0.160. The molecule has 0 unspecified atom stereocenters. The summed E-state index contributed by atoms with van der Waals surface area (Å²) in [6.45, 7) is 41.9. The fraction of sp³-hybridized carbons (Fsp3) is 0.267. The van der Waals surface area contributed by atoms with Gasteiger partial charge in [0.15, 0.2) is 0 Å². The van der Waals surface area contributed by atoms with Gasteiger partial charge in [-0.25, -0.2) is 0 Å². The summed E-state index contributed by atoms with van der Waals surface area (Å²) in [6.07, 6.45) is 0. The fourth-order valence-electron chi connectivity index (χ4n) is 15.8. The Kier molecular flexibility index (Phi) is 14.1. The highest BCUT2D eigenvalue weighted by Gasteiger charge is 2.48. The van der Waals surface area contributed by atoms with Crippen molar-refractivity contribution in [2.45, 2.75) is 167 Å². The van der Waals surface area contributed by atoms with Crippen LogP contribution in [0.4, 0.5) is 34.1 Å². The first-order valence-electron chi connectivity index (χ1n) is 35.1. The highest BCUT2D eigenvalue weighted by atomic mass is 32.2. The van der Waals surface area contributed by atoms with Gasteiger partial charge in [0.2, 0.25) is 6.71 Å². The van der Waals surface area contributed by atoms with Gasteiger partial charge in [-0.15, -0.1) is 0 Å². The SMILES string of the molecule is CC(C)(C)c1ccc(N2c3cc(C(C)(C)C)ccc3B3c4cc5c(cc4Oc4cc(-n6c7ccc(C(C)(C)C)cc7c7cc(C(C)(C)C)ccc76)cc2c43)Sc2cc(C(C)(C)C)cc3c2B5c2ccc(C(C)(C)C)cc2N3c2c(-c3ccccc3)cccc2-c2ccccc2)cc1. The summed E-state index contributed by atoms with van der Waals surface area (Å²) < 4.78 is 10.4. The summed E-state index contributed by atoms with van der Waals surface area (Å²) in [4.78, 5) is 7.78. The Labute approximate surface area is 581 Å². The molecule has 0 aliphatic carbocycles. The molecular weight excluding hydrogens is 1190 g/mol. The van der Waals surface area contributed by atoms with Crippen LogP contribution in [-0.4, -0.2) is 18.0 Å². The minimum atomic E-state index is -0.162. The van der Waals surface area contributed by atoms with Crippen molar-refractivity contribution < 1.29 is 4.74 Å². The number of hydrogen-bond donors (Lipinski definition) is 0. The molecule has 0 N–H and O–H groups in total. The van der Waals surface area contributed by atoms with Crippen LogP contribution in [0.15, 0.2) is 222 Å². The van der Waals surface area contributed by atoms with Crippen molar-refractivity contribution in [3.63, 3.8) is 0 Å². The van der Waals surface area contributed by atoms with Gasteiger partial charge in [0.05, 0.1) is 22.4 Å². The molecule has 482 valence electrons. The summed E-state index contributed by atoms with van der Waals surface area (Å²) in [6, 6.07) is 82.6. The van der Waals surface area contributed by atoms with Crippen LogP contribution in [0.25, 0.3) is 49.7 Å². The second kappa shape index (κ2) is 21.8. The Morgan fingerprint density at radius 1 is 0.309 bits per heavy atom. The maximum Gasteiger partial charge on any atom is 0.256 e. The van der Waals surface area contributed by atoms with Crippen molar-refractivity contribution in [1.82, 2.24) is 4.57 Å². The highest BCUT2D eigenvalue weighted by Crippen LogP contribution is 2.52. The topological polar surface area (TPSA) is 20.6 Å².